The van der Waals surface area contributed by atoms with E-state index in [0.29, 0.717) is 0 Å². The highest BCUT2D eigenvalue weighted by molar-refractivity contribution is 7.33. The number of hydrogen-bond donors (Lipinski definition) is 0. The van der Waals surface area contributed by atoms with Gasteiger partial charge in [0, 0.05) is 33.9 Å². The summed E-state index contributed by atoms with van der Waals surface area (Å²) in [5, 5.41) is 13.2. The Hall–Kier alpha value is -7.97. The van der Waals surface area contributed by atoms with Crippen LogP contribution in [0.25, 0.3) is 33.1 Å². The van der Waals surface area contributed by atoms with Crippen LogP contribution in [0.1, 0.15) is 0 Å². The second-order valence-corrected chi connectivity index (χ2v) is 24.5. The van der Waals surface area contributed by atoms with Crippen molar-refractivity contribution in [1.82, 2.24) is 0 Å². The van der Waals surface area contributed by atoms with Gasteiger partial charge < -0.3 is 14.1 Å². The van der Waals surface area contributed by atoms with Crippen molar-refractivity contribution in [1.29, 1.82) is 0 Å². The van der Waals surface area contributed by atoms with Gasteiger partial charge >= 0.3 is 0 Å². The molecule has 0 N–H and O–H groups in total. The molecule has 1 spiro atoms. The van der Waals surface area contributed by atoms with Gasteiger partial charge in [-0.15, -0.1) is 0 Å². The highest BCUT2D eigenvalue weighted by Gasteiger charge is 2.59. The van der Waals surface area contributed by atoms with Crippen molar-refractivity contribution in [3.05, 3.63) is 249 Å². The zero-order chi connectivity index (χ0) is 43.0. The van der Waals surface area contributed by atoms with E-state index in [-0.39, 0.29) is 0 Å². The molecule has 2 aliphatic heterocycles. The average molecular weight is 864 g/mol. The Morgan fingerprint density at radius 2 is 0.754 bits per heavy atom. The lowest BCUT2D eigenvalue weighted by Crippen LogP contribution is -2.93. The summed E-state index contributed by atoms with van der Waals surface area (Å²) in [5.41, 5.74) is 7.17. The first kappa shape index (κ1) is 37.6. The molecule has 2 aliphatic rings. The fraction of sp³-hybridized carbons (Fsp3) is 0. The molecule has 3 nitrogen and oxygen atoms in total. The zero-order valence-corrected chi connectivity index (χ0v) is 37.4. The number of furan rings is 1. The first-order chi connectivity index (χ1) is 32.2. The molecule has 1 aromatic heterocycles. The fourth-order valence-electron chi connectivity index (χ4n) is 11.2. The maximum absolute atomic E-state index is 7.05. The fourth-order valence-corrected chi connectivity index (χ4v) is 23.5. The van der Waals surface area contributed by atoms with Gasteiger partial charge in [-0.25, -0.2) is 0 Å². The van der Waals surface area contributed by atoms with Crippen LogP contribution in [0.2, 0.25) is 0 Å². The largest absolute Gasteiger partial charge is 0.458 e. The summed E-state index contributed by atoms with van der Waals surface area (Å²) in [7, 11) is -5.98. The molecule has 0 unspecified atom stereocenters. The first-order valence-electron chi connectivity index (χ1n) is 22.3. The molecule has 10 aromatic carbocycles. The van der Waals surface area contributed by atoms with Crippen LogP contribution < -0.4 is 51.1 Å². The number of anilines is 3. The van der Waals surface area contributed by atoms with Gasteiger partial charge in [0.05, 0.1) is 0 Å². The maximum atomic E-state index is 7.05. The second kappa shape index (κ2) is 14.8. The number of ether oxygens (including phenoxy) is 1. The van der Waals surface area contributed by atoms with Crippen LogP contribution in [-0.4, -0.2) is 16.1 Å². The summed E-state index contributed by atoms with van der Waals surface area (Å²) in [4.78, 5) is 2.37. The van der Waals surface area contributed by atoms with Crippen LogP contribution in [-0.2, 0) is 0 Å². The van der Waals surface area contributed by atoms with Crippen molar-refractivity contribution in [2.24, 2.45) is 0 Å². The smallest absolute Gasteiger partial charge is 0.188 e. The normalized spacial score (nSPS) is 13.9. The van der Waals surface area contributed by atoms with Gasteiger partial charge in [-0.1, -0.05) is 182 Å². The molecule has 3 heterocycles. The number of fused-ring (bicyclic) bond motifs is 11. The predicted octanol–water partition coefficient (Wildman–Crippen LogP) is 9.90. The van der Waals surface area contributed by atoms with E-state index in [9.17, 15) is 0 Å². The van der Waals surface area contributed by atoms with Crippen molar-refractivity contribution in [2.45, 2.75) is 0 Å². The van der Waals surface area contributed by atoms with Crippen molar-refractivity contribution in [3.63, 3.8) is 0 Å². The molecule has 13 rings (SSSR count). The summed E-state index contributed by atoms with van der Waals surface area (Å²) >= 11 is 0. The highest BCUT2D eigenvalue weighted by atomic mass is 28.3. The van der Waals surface area contributed by atoms with Gasteiger partial charge in [0.2, 0.25) is 0 Å². The summed E-state index contributed by atoms with van der Waals surface area (Å²) in [5.74, 6) is 1.84. The molecular weight excluding hydrogens is 823 g/mol. The summed E-state index contributed by atoms with van der Waals surface area (Å²) in [6.45, 7) is 0. The van der Waals surface area contributed by atoms with Gasteiger partial charge in [0.25, 0.3) is 0 Å². The van der Waals surface area contributed by atoms with Crippen LogP contribution >= 0.6 is 0 Å². The number of hydrogen-bond acceptors (Lipinski definition) is 3. The van der Waals surface area contributed by atoms with Crippen molar-refractivity contribution in [2.75, 3.05) is 4.90 Å². The van der Waals surface area contributed by atoms with Gasteiger partial charge in [-0.3, -0.25) is 0 Å². The number of nitrogens with zero attached hydrogens (tertiary/aromatic N) is 1. The van der Waals surface area contributed by atoms with Crippen LogP contribution in [0.3, 0.4) is 0 Å². The molecule has 0 amide bonds. The van der Waals surface area contributed by atoms with Gasteiger partial charge in [0.15, 0.2) is 16.1 Å². The Kier molecular flexibility index (Phi) is 8.56. The molecule has 0 atom stereocenters. The molecule has 306 valence electrons. The monoisotopic (exact) mass is 863 g/mol. The Labute approximate surface area is 380 Å². The molecule has 0 fully saturated rings. The topological polar surface area (TPSA) is 25.6 Å². The molecule has 5 heteroatoms. The Balaban J connectivity index is 1.07. The Bertz CT molecular complexity index is 3500. The first-order valence-corrected chi connectivity index (χ1v) is 26.3. The third-order valence-corrected chi connectivity index (χ3v) is 24.2. The summed E-state index contributed by atoms with van der Waals surface area (Å²) in [6, 6.07) is 91.6. The molecule has 0 aliphatic carbocycles. The van der Waals surface area contributed by atoms with E-state index < -0.39 is 16.1 Å². The Morgan fingerprint density at radius 3 is 1.38 bits per heavy atom. The number of para-hydroxylation sites is 2. The molecular formula is C60H41NO2Si2. The van der Waals surface area contributed by atoms with Crippen molar-refractivity contribution in [3.8, 4) is 22.6 Å². The van der Waals surface area contributed by atoms with Crippen LogP contribution in [0.5, 0.6) is 11.5 Å². The van der Waals surface area contributed by atoms with E-state index in [0.717, 1.165) is 56.1 Å². The number of rotatable bonds is 6. The summed E-state index contributed by atoms with van der Waals surface area (Å²) in [6.07, 6.45) is 0. The van der Waals surface area contributed by atoms with E-state index >= 15 is 0 Å². The quantitative estimate of drug-likeness (QED) is 0.156. The third-order valence-electron chi connectivity index (χ3n) is 13.9. The van der Waals surface area contributed by atoms with Crippen LogP contribution in [0.15, 0.2) is 253 Å². The van der Waals surface area contributed by atoms with E-state index in [1.807, 2.05) is 0 Å². The minimum Gasteiger partial charge on any atom is -0.458 e. The van der Waals surface area contributed by atoms with Gasteiger partial charge in [0.1, 0.15) is 22.7 Å². The molecule has 0 radical (unpaired) electrons. The van der Waals surface area contributed by atoms with Crippen LogP contribution in [0, 0.1) is 0 Å². The standard InChI is InChI=1S/C60H41NO2Si2/c1-5-19-42(20-6-1)43-33-36-49-50-37-34-45(40-54(50)63-53(49)39-43)61(44-21-7-2-8-22-44)46-35-38-52-60(41-46)65(55-28-14-13-27-51(55)62-52)58-31-17-15-29-56(58)64(47-23-9-3-10-24-47,48-25-11-4-12-26-48)57-30-16-18-32-59(57)65/h1-41H. The van der Waals surface area contributed by atoms with E-state index in [2.05, 4.69) is 254 Å². The minimum atomic E-state index is -3.12. The van der Waals surface area contributed by atoms with E-state index in [1.165, 1.54) is 47.1 Å². The molecule has 0 saturated carbocycles. The van der Waals surface area contributed by atoms with Gasteiger partial charge in [-0.2, -0.15) is 0 Å². The van der Waals surface area contributed by atoms with Crippen molar-refractivity contribution < 1.29 is 9.15 Å². The number of benzene rings is 10. The summed E-state index contributed by atoms with van der Waals surface area (Å²) < 4.78 is 13.8. The molecule has 0 saturated heterocycles. The lowest BCUT2D eigenvalue weighted by Gasteiger charge is -2.50. The maximum Gasteiger partial charge on any atom is 0.188 e. The highest BCUT2D eigenvalue weighted by Crippen LogP contribution is 2.41. The lowest BCUT2D eigenvalue weighted by molar-refractivity contribution is 0.487. The van der Waals surface area contributed by atoms with Gasteiger partial charge in [-0.05, 0) is 113 Å². The molecule has 65 heavy (non-hydrogen) atoms. The van der Waals surface area contributed by atoms with E-state index in [4.69, 9.17) is 9.15 Å². The van der Waals surface area contributed by atoms with E-state index in [1.54, 1.807) is 0 Å². The lowest BCUT2D eigenvalue weighted by atomic mass is 10.0. The molecule has 11 aromatic rings. The average Bonchev–Trinajstić information content (AvgIpc) is 3.75. The minimum absolute atomic E-state index is 0.850. The van der Waals surface area contributed by atoms with Crippen molar-refractivity contribution >= 4 is 96.6 Å². The second-order valence-electron chi connectivity index (χ2n) is 17.1. The predicted molar refractivity (Wildman–Crippen MR) is 275 cm³/mol. The zero-order valence-electron chi connectivity index (χ0n) is 35.4. The SMILES string of the molecule is c1ccc(-c2ccc3c(c2)oc2cc(N(c4ccccc4)c4ccc5c(c4)[Si]4(c6ccccc6O5)c5ccccc5[Si](c5ccccc5)(c5ccccc5)c5ccccc54)ccc23)cc1. The Morgan fingerprint density at radius 1 is 0.292 bits per heavy atom. The molecule has 0 bridgehead atoms. The van der Waals surface area contributed by atoms with Crippen LogP contribution in [0.4, 0.5) is 17.1 Å². The third kappa shape index (κ3) is 5.53.